The average Bonchev–Trinajstić information content (AvgIpc) is 2.68. The van der Waals surface area contributed by atoms with Crippen molar-refractivity contribution in [1.29, 1.82) is 0 Å². The smallest absolute Gasteiger partial charge is 0.244 e. The molecule has 0 aliphatic rings. The molecule has 1 heterocycles. The zero-order valence-corrected chi connectivity index (χ0v) is 12.6. The summed E-state index contributed by atoms with van der Waals surface area (Å²) in [5.41, 5.74) is 0.335. The lowest BCUT2D eigenvalue weighted by Gasteiger charge is -2.16. The zero-order chi connectivity index (χ0) is 15.8. The van der Waals surface area contributed by atoms with Crippen molar-refractivity contribution in [3.8, 4) is 0 Å². The van der Waals surface area contributed by atoms with E-state index in [-0.39, 0.29) is 10.5 Å². The largest absolute Gasteiger partial charge is 0.281 e. The Morgan fingerprint density at radius 1 is 1.24 bits per heavy atom. The molecule has 0 spiro atoms. The monoisotopic (exact) mass is 315 g/mol. The van der Waals surface area contributed by atoms with Crippen molar-refractivity contribution < 1.29 is 17.2 Å². The van der Waals surface area contributed by atoms with Gasteiger partial charge in [-0.15, -0.1) is 0 Å². The molecule has 0 radical (unpaired) electrons. The predicted molar refractivity (Wildman–Crippen MR) is 73.2 cm³/mol. The third kappa shape index (κ3) is 2.96. The lowest BCUT2D eigenvalue weighted by Crippen LogP contribution is -2.28. The van der Waals surface area contributed by atoms with Crippen molar-refractivity contribution in [1.82, 2.24) is 14.9 Å². The van der Waals surface area contributed by atoms with Crippen LogP contribution in [0.2, 0.25) is 0 Å². The molecule has 2 N–H and O–H groups in total. The van der Waals surface area contributed by atoms with Crippen molar-refractivity contribution in [2.75, 3.05) is 0 Å². The molecule has 5 nitrogen and oxygen atoms in total. The molecule has 21 heavy (non-hydrogen) atoms. The number of rotatable bonds is 4. The maximum Gasteiger partial charge on any atom is 0.244 e. The number of aromatic amines is 1. The molecular weight excluding hydrogens is 300 g/mol. The summed E-state index contributed by atoms with van der Waals surface area (Å²) in [6, 6.07) is 2.33. The van der Waals surface area contributed by atoms with Crippen LogP contribution < -0.4 is 4.72 Å². The van der Waals surface area contributed by atoms with E-state index in [4.69, 9.17) is 0 Å². The van der Waals surface area contributed by atoms with Gasteiger partial charge in [0.2, 0.25) is 10.0 Å². The first kappa shape index (κ1) is 15.6. The van der Waals surface area contributed by atoms with Gasteiger partial charge in [-0.1, -0.05) is 6.07 Å². The first-order chi connectivity index (χ1) is 9.74. The summed E-state index contributed by atoms with van der Waals surface area (Å²) in [6.45, 7) is 4.47. The number of benzene rings is 1. The van der Waals surface area contributed by atoms with E-state index in [1.54, 1.807) is 6.92 Å². The molecule has 0 aliphatic carbocycles. The van der Waals surface area contributed by atoms with Gasteiger partial charge in [-0.25, -0.2) is 21.9 Å². The van der Waals surface area contributed by atoms with E-state index in [2.05, 4.69) is 14.9 Å². The van der Waals surface area contributed by atoms with Gasteiger partial charge < -0.3 is 0 Å². The fourth-order valence-corrected chi connectivity index (χ4v) is 3.80. The van der Waals surface area contributed by atoms with Crippen molar-refractivity contribution in [2.24, 2.45) is 0 Å². The van der Waals surface area contributed by atoms with Crippen LogP contribution in [0.1, 0.15) is 29.9 Å². The fraction of sp³-hybridized carbons (Fsp3) is 0.308. The maximum atomic E-state index is 13.7. The highest BCUT2D eigenvalue weighted by Gasteiger charge is 2.26. The van der Waals surface area contributed by atoms with Gasteiger partial charge in [0, 0.05) is 11.6 Å². The average molecular weight is 315 g/mol. The lowest BCUT2D eigenvalue weighted by atomic mass is 10.1. The summed E-state index contributed by atoms with van der Waals surface area (Å²) >= 11 is 0. The van der Waals surface area contributed by atoms with Gasteiger partial charge >= 0.3 is 0 Å². The normalized spacial score (nSPS) is 13.4. The molecule has 1 unspecified atom stereocenters. The number of aromatic nitrogens is 2. The second-order valence-electron chi connectivity index (χ2n) is 4.74. The molecular formula is C13H15F2N3O2S. The third-order valence-corrected chi connectivity index (χ3v) is 4.90. The van der Waals surface area contributed by atoms with Gasteiger partial charge in [-0.3, -0.25) is 5.10 Å². The molecule has 0 aliphatic heterocycles. The second kappa shape index (κ2) is 5.53. The topological polar surface area (TPSA) is 74.8 Å². The van der Waals surface area contributed by atoms with Crippen LogP contribution in [0.15, 0.2) is 23.1 Å². The minimum Gasteiger partial charge on any atom is -0.281 e. The van der Waals surface area contributed by atoms with Gasteiger partial charge in [0.25, 0.3) is 0 Å². The Kier molecular flexibility index (Phi) is 4.11. The Bertz CT molecular complexity index is 732. The molecule has 1 aromatic carbocycles. The molecule has 2 rings (SSSR count). The van der Waals surface area contributed by atoms with Crippen LogP contribution >= 0.6 is 0 Å². The number of hydrogen-bond donors (Lipinski definition) is 2. The second-order valence-corrected chi connectivity index (χ2v) is 6.39. The molecule has 1 atom stereocenters. The molecule has 2 aromatic rings. The van der Waals surface area contributed by atoms with Crippen LogP contribution in [0.25, 0.3) is 0 Å². The molecule has 0 saturated heterocycles. The van der Waals surface area contributed by atoms with E-state index >= 15 is 0 Å². The first-order valence-corrected chi connectivity index (χ1v) is 7.70. The molecule has 0 fully saturated rings. The number of sulfonamides is 1. The summed E-state index contributed by atoms with van der Waals surface area (Å²) in [7, 11) is -3.94. The number of hydrogen-bond acceptors (Lipinski definition) is 3. The number of nitrogens with zero attached hydrogens (tertiary/aromatic N) is 1. The van der Waals surface area contributed by atoms with Crippen molar-refractivity contribution in [2.45, 2.75) is 31.7 Å². The van der Waals surface area contributed by atoms with Gasteiger partial charge in [-0.05, 0) is 32.9 Å². The summed E-state index contributed by atoms with van der Waals surface area (Å²) < 4.78 is 54.3. The van der Waals surface area contributed by atoms with Crippen LogP contribution in [0.3, 0.4) is 0 Å². The Hall–Kier alpha value is -1.80. The highest BCUT2D eigenvalue weighted by molar-refractivity contribution is 7.89. The number of nitrogens with one attached hydrogen (secondary N) is 2. The molecule has 0 amide bonds. The van der Waals surface area contributed by atoms with Gasteiger partial charge in [0.15, 0.2) is 0 Å². The Morgan fingerprint density at radius 2 is 1.81 bits per heavy atom. The van der Waals surface area contributed by atoms with Crippen LogP contribution in [0, 0.1) is 25.5 Å². The molecule has 8 heteroatoms. The minimum atomic E-state index is -3.94. The summed E-state index contributed by atoms with van der Waals surface area (Å²) in [6.07, 6.45) is 0. The zero-order valence-electron chi connectivity index (χ0n) is 11.7. The maximum absolute atomic E-state index is 13.7. The lowest BCUT2D eigenvalue weighted by molar-refractivity contribution is 0.514. The summed E-state index contributed by atoms with van der Waals surface area (Å²) in [5, 5.41) is 6.37. The summed E-state index contributed by atoms with van der Waals surface area (Å²) in [4.78, 5) is -0.00824. The standard InChI is InChI=1S/C13H15F2N3O2S/c1-7(12-10(14)5-4-6-11(12)15)18-21(19,20)13-8(2)16-17-9(13)3/h4-7,18H,1-3H3,(H,16,17). The van der Waals surface area contributed by atoms with E-state index in [0.29, 0.717) is 11.4 Å². The van der Waals surface area contributed by atoms with Crippen molar-refractivity contribution >= 4 is 10.0 Å². The Labute approximate surface area is 121 Å². The highest BCUT2D eigenvalue weighted by Crippen LogP contribution is 2.24. The predicted octanol–water partition coefficient (Wildman–Crippen LogP) is 2.34. The van der Waals surface area contributed by atoms with E-state index in [9.17, 15) is 17.2 Å². The Morgan fingerprint density at radius 3 is 2.29 bits per heavy atom. The first-order valence-electron chi connectivity index (χ1n) is 6.22. The van der Waals surface area contributed by atoms with Gasteiger partial charge in [0.05, 0.1) is 11.4 Å². The molecule has 1 aromatic heterocycles. The number of halogens is 2. The van der Waals surface area contributed by atoms with Crippen molar-refractivity contribution in [3.05, 3.63) is 46.8 Å². The van der Waals surface area contributed by atoms with E-state index in [1.165, 1.54) is 19.9 Å². The number of H-pyrrole nitrogens is 1. The highest BCUT2D eigenvalue weighted by atomic mass is 32.2. The molecule has 0 saturated carbocycles. The third-order valence-electron chi connectivity index (χ3n) is 3.09. The molecule has 0 bridgehead atoms. The minimum absolute atomic E-state index is 0.00824. The van der Waals surface area contributed by atoms with E-state index in [1.807, 2.05) is 0 Å². The van der Waals surface area contributed by atoms with Crippen LogP contribution in [0.4, 0.5) is 8.78 Å². The van der Waals surface area contributed by atoms with E-state index < -0.39 is 27.7 Å². The SMILES string of the molecule is Cc1n[nH]c(C)c1S(=O)(=O)NC(C)c1c(F)cccc1F. The van der Waals surface area contributed by atoms with E-state index in [0.717, 1.165) is 12.1 Å². The quantitative estimate of drug-likeness (QED) is 0.909. The number of aryl methyl sites for hydroxylation is 2. The van der Waals surface area contributed by atoms with Crippen LogP contribution in [0.5, 0.6) is 0 Å². The van der Waals surface area contributed by atoms with Gasteiger partial charge in [0.1, 0.15) is 16.5 Å². The van der Waals surface area contributed by atoms with Gasteiger partial charge in [-0.2, -0.15) is 5.10 Å². The van der Waals surface area contributed by atoms with Crippen LogP contribution in [-0.2, 0) is 10.0 Å². The molecule has 114 valence electrons. The Balaban J connectivity index is 2.38. The van der Waals surface area contributed by atoms with Crippen molar-refractivity contribution in [3.63, 3.8) is 0 Å². The van der Waals surface area contributed by atoms with Crippen LogP contribution in [-0.4, -0.2) is 18.6 Å². The fourth-order valence-electron chi connectivity index (χ4n) is 2.21. The summed E-state index contributed by atoms with van der Waals surface area (Å²) in [5.74, 6) is -1.60.